The fraction of sp³-hybridized carbons (Fsp3) is 0.647. The number of rotatable bonds is 5. The molecule has 1 fully saturated rings. The van der Waals surface area contributed by atoms with Gasteiger partial charge in [-0.15, -0.1) is 0 Å². The third-order valence-corrected chi connectivity index (χ3v) is 5.12. The number of benzene rings is 1. The molecule has 106 valence electrons. The fourth-order valence-corrected chi connectivity index (χ4v) is 3.45. The number of nitrogens with one attached hydrogen (secondary N) is 1. The van der Waals surface area contributed by atoms with Crippen molar-refractivity contribution >= 4 is 15.9 Å². The molecule has 0 bridgehead atoms. The zero-order valence-corrected chi connectivity index (χ0v) is 13.7. The van der Waals surface area contributed by atoms with Crippen molar-refractivity contribution in [2.75, 3.05) is 6.54 Å². The SMILES string of the molecule is CCC(NCC1CCCCC1C)c1ccc(Br)cc1. The maximum atomic E-state index is 3.79. The molecule has 19 heavy (non-hydrogen) atoms. The average molecular weight is 324 g/mol. The minimum atomic E-state index is 0.502. The highest BCUT2D eigenvalue weighted by molar-refractivity contribution is 9.10. The third kappa shape index (κ3) is 4.32. The lowest BCUT2D eigenvalue weighted by Crippen LogP contribution is -2.31. The Kier molecular flexibility index (Phi) is 5.90. The molecule has 0 amide bonds. The molecule has 2 heteroatoms. The molecule has 0 heterocycles. The van der Waals surface area contributed by atoms with Crippen LogP contribution in [0.15, 0.2) is 28.7 Å². The first-order valence-corrected chi connectivity index (χ1v) is 8.49. The van der Waals surface area contributed by atoms with Crippen LogP contribution in [0.5, 0.6) is 0 Å². The molecule has 1 aromatic carbocycles. The van der Waals surface area contributed by atoms with Crippen molar-refractivity contribution in [3.05, 3.63) is 34.3 Å². The topological polar surface area (TPSA) is 12.0 Å². The van der Waals surface area contributed by atoms with E-state index in [4.69, 9.17) is 0 Å². The van der Waals surface area contributed by atoms with Crippen molar-refractivity contribution in [2.45, 2.75) is 52.0 Å². The second-order valence-electron chi connectivity index (χ2n) is 5.94. The summed E-state index contributed by atoms with van der Waals surface area (Å²) in [6.45, 7) is 5.87. The lowest BCUT2D eigenvalue weighted by atomic mass is 9.80. The van der Waals surface area contributed by atoms with Gasteiger partial charge in [0, 0.05) is 10.5 Å². The molecule has 0 aromatic heterocycles. The van der Waals surface area contributed by atoms with Crippen LogP contribution in [-0.2, 0) is 0 Å². The smallest absolute Gasteiger partial charge is 0.0317 e. The summed E-state index contributed by atoms with van der Waals surface area (Å²) in [5.74, 6) is 1.77. The zero-order chi connectivity index (χ0) is 13.7. The second-order valence-corrected chi connectivity index (χ2v) is 6.86. The van der Waals surface area contributed by atoms with Crippen molar-refractivity contribution in [3.8, 4) is 0 Å². The Morgan fingerprint density at radius 2 is 1.89 bits per heavy atom. The van der Waals surface area contributed by atoms with E-state index in [0.29, 0.717) is 6.04 Å². The predicted octanol–water partition coefficient (Wildman–Crippen LogP) is 5.32. The van der Waals surface area contributed by atoms with E-state index in [0.717, 1.165) is 22.7 Å². The van der Waals surface area contributed by atoms with E-state index in [2.05, 4.69) is 59.4 Å². The fourth-order valence-electron chi connectivity index (χ4n) is 3.18. The summed E-state index contributed by atoms with van der Waals surface area (Å²) in [6, 6.07) is 9.25. The molecule has 1 saturated carbocycles. The monoisotopic (exact) mass is 323 g/mol. The molecule has 0 aliphatic heterocycles. The Balaban J connectivity index is 1.90. The summed E-state index contributed by atoms with van der Waals surface area (Å²) in [6.07, 6.45) is 6.84. The molecule has 1 N–H and O–H groups in total. The lowest BCUT2D eigenvalue weighted by molar-refractivity contribution is 0.240. The summed E-state index contributed by atoms with van der Waals surface area (Å²) in [5, 5.41) is 3.79. The average Bonchev–Trinajstić information content (AvgIpc) is 2.43. The molecule has 1 aliphatic rings. The van der Waals surface area contributed by atoms with Gasteiger partial charge in [-0.3, -0.25) is 0 Å². The van der Waals surface area contributed by atoms with Crippen LogP contribution in [0.1, 0.15) is 57.6 Å². The van der Waals surface area contributed by atoms with Gasteiger partial charge in [0.15, 0.2) is 0 Å². The summed E-state index contributed by atoms with van der Waals surface area (Å²) in [5.41, 5.74) is 1.41. The molecule has 3 atom stereocenters. The van der Waals surface area contributed by atoms with Crippen molar-refractivity contribution < 1.29 is 0 Å². The number of hydrogen-bond donors (Lipinski definition) is 1. The predicted molar refractivity (Wildman–Crippen MR) is 86.3 cm³/mol. The normalized spacial score (nSPS) is 25.2. The minimum absolute atomic E-state index is 0.502. The van der Waals surface area contributed by atoms with Gasteiger partial charge in [-0.25, -0.2) is 0 Å². The first-order chi connectivity index (χ1) is 9.20. The highest BCUT2D eigenvalue weighted by atomic mass is 79.9. The Morgan fingerprint density at radius 3 is 2.53 bits per heavy atom. The molecule has 0 saturated heterocycles. The van der Waals surface area contributed by atoms with Gasteiger partial charge in [-0.2, -0.15) is 0 Å². The first kappa shape index (κ1) is 15.1. The number of hydrogen-bond acceptors (Lipinski definition) is 1. The molecule has 3 unspecified atom stereocenters. The highest BCUT2D eigenvalue weighted by Crippen LogP contribution is 2.30. The molecule has 1 aromatic rings. The van der Waals surface area contributed by atoms with Crippen LogP contribution < -0.4 is 5.32 Å². The molecule has 0 spiro atoms. The molecule has 2 rings (SSSR count). The van der Waals surface area contributed by atoms with Gasteiger partial charge in [-0.05, 0) is 48.9 Å². The van der Waals surface area contributed by atoms with E-state index in [-0.39, 0.29) is 0 Å². The third-order valence-electron chi connectivity index (χ3n) is 4.60. The largest absolute Gasteiger partial charge is 0.310 e. The van der Waals surface area contributed by atoms with Crippen LogP contribution >= 0.6 is 15.9 Å². The van der Waals surface area contributed by atoms with Crippen molar-refractivity contribution in [1.29, 1.82) is 0 Å². The van der Waals surface area contributed by atoms with Gasteiger partial charge in [0.25, 0.3) is 0 Å². The minimum Gasteiger partial charge on any atom is -0.310 e. The van der Waals surface area contributed by atoms with Crippen LogP contribution in [0, 0.1) is 11.8 Å². The maximum Gasteiger partial charge on any atom is 0.0317 e. The molecular weight excluding hydrogens is 298 g/mol. The Bertz CT molecular complexity index is 373. The zero-order valence-electron chi connectivity index (χ0n) is 12.2. The van der Waals surface area contributed by atoms with E-state index >= 15 is 0 Å². The molecular formula is C17H26BrN. The van der Waals surface area contributed by atoms with E-state index in [9.17, 15) is 0 Å². The van der Waals surface area contributed by atoms with Gasteiger partial charge >= 0.3 is 0 Å². The highest BCUT2D eigenvalue weighted by Gasteiger charge is 2.22. The summed E-state index contributed by atoms with van der Waals surface area (Å²) < 4.78 is 1.16. The summed E-state index contributed by atoms with van der Waals surface area (Å²) in [7, 11) is 0. The van der Waals surface area contributed by atoms with Crippen molar-refractivity contribution in [3.63, 3.8) is 0 Å². The van der Waals surface area contributed by atoms with Crippen LogP contribution in [-0.4, -0.2) is 6.54 Å². The van der Waals surface area contributed by atoms with Crippen LogP contribution in [0.2, 0.25) is 0 Å². The van der Waals surface area contributed by atoms with E-state index in [1.54, 1.807) is 0 Å². The van der Waals surface area contributed by atoms with Crippen molar-refractivity contribution in [1.82, 2.24) is 5.32 Å². The van der Waals surface area contributed by atoms with Gasteiger partial charge in [0.2, 0.25) is 0 Å². The van der Waals surface area contributed by atoms with E-state index in [1.807, 2.05) is 0 Å². The standard InChI is InChI=1S/C17H26BrN/c1-3-17(14-8-10-16(18)11-9-14)19-12-15-7-5-4-6-13(15)2/h8-11,13,15,17,19H,3-7,12H2,1-2H3. The Hall–Kier alpha value is -0.340. The van der Waals surface area contributed by atoms with Crippen LogP contribution in [0.3, 0.4) is 0 Å². The first-order valence-electron chi connectivity index (χ1n) is 7.69. The lowest BCUT2D eigenvalue weighted by Gasteiger charge is -2.30. The maximum absolute atomic E-state index is 3.79. The van der Waals surface area contributed by atoms with E-state index < -0.39 is 0 Å². The van der Waals surface area contributed by atoms with Gasteiger partial charge < -0.3 is 5.32 Å². The molecule has 1 nitrogen and oxygen atoms in total. The van der Waals surface area contributed by atoms with Crippen molar-refractivity contribution in [2.24, 2.45) is 11.8 Å². The second kappa shape index (κ2) is 7.44. The Labute approximate surface area is 126 Å². The van der Waals surface area contributed by atoms with Gasteiger partial charge in [0.05, 0.1) is 0 Å². The van der Waals surface area contributed by atoms with Gasteiger partial charge in [-0.1, -0.05) is 61.2 Å². The van der Waals surface area contributed by atoms with Crippen LogP contribution in [0.4, 0.5) is 0 Å². The van der Waals surface area contributed by atoms with E-state index in [1.165, 1.54) is 37.8 Å². The quantitative estimate of drug-likeness (QED) is 0.773. The Morgan fingerprint density at radius 1 is 1.21 bits per heavy atom. The number of halogens is 1. The summed E-state index contributed by atoms with van der Waals surface area (Å²) in [4.78, 5) is 0. The molecule has 0 radical (unpaired) electrons. The summed E-state index contributed by atoms with van der Waals surface area (Å²) >= 11 is 3.51. The van der Waals surface area contributed by atoms with Gasteiger partial charge in [0.1, 0.15) is 0 Å². The molecule has 1 aliphatic carbocycles. The van der Waals surface area contributed by atoms with Crippen LogP contribution in [0.25, 0.3) is 0 Å².